The van der Waals surface area contributed by atoms with Crippen molar-refractivity contribution in [2.75, 3.05) is 0 Å². The Bertz CT molecular complexity index is 6.00. The van der Waals surface area contributed by atoms with E-state index in [1.807, 2.05) is 0 Å². The maximum Gasteiger partial charge on any atom is 2.00 e. The van der Waals surface area contributed by atoms with Gasteiger partial charge in [0.2, 0.25) is 0 Å². The van der Waals surface area contributed by atoms with Crippen LogP contribution in [0.4, 0.5) is 0 Å². The summed E-state index contributed by atoms with van der Waals surface area (Å²) in [6, 6.07) is 0. The Labute approximate surface area is 66.6 Å². The van der Waals surface area contributed by atoms with Crippen molar-refractivity contribution in [3.05, 3.63) is 0 Å². The average Bonchev–Trinajstić information content (AvgIpc) is 0. The molecule has 0 aliphatic heterocycles. The molecule has 0 saturated heterocycles. The Morgan fingerprint density at radius 2 is 0.750 bits per heavy atom. The first-order chi connectivity index (χ1) is 0. The van der Waals surface area contributed by atoms with Crippen molar-refractivity contribution in [2.24, 2.45) is 0 Å². The average molecular weight is 144 g/mol. The minimum atomic E-state index is 0. The summed E-state index contributed by atoms with van der Waals surface area (Å²) in [5.41, 5.74) is 0. The van der Waals surface area contributed by atoms with Gasteiger partial charge >= 0.3 is 40.1 Å². The van der Waals surface area contributed by atoms with E-state index >= 15 is 0 Å². The zero-order chi connectivity index (χ0) is 0. The summed E-state index contributed by atoms with van der Waals surface area (Å²) < 4.78 is 0. The van der Waals surface area contributed by atoms with Gasteiger partial charge in [0.05, 0.1) is 0 Å². The molecule has 0 aliphatic rings. The van der Waals surface area contributed by atoms with Crippen LogP contribution < -0.4 is 0 Å². The molecule has 4 heteroatoms. The molecule has 0 rings (SSSR count). The summed E-state index contributed by atoms with van der Waals surface area (Å²) in [5.74, 6) is 0. The van der Waals surface area contributed by atoms with E-state index in [-0.39, 0.29) is 67.1 Å². The van der Waals surface area contributed by atoms with Crippen molar-refractivity contribution in [1.29, 1.82) is 0 Å². The first-order valence-electron chi connectivity index (χ1n) is 0. The topological polar surface area (TPSA) is 0 Å². The molecule has 0 aromatic carbocycles. The van der Waals surface area contributed by atoms with Gasteiger partial charge in [0.25, 0.3) is 0 Å². The molecule has 0 unspecified atom stereocenters. The van der Waals surface area contributed by atoms with Crippen LogP contribution in [0.2, 0.25) is 0 Å². The Kier molecular flexibility index (Phi) is 189. The smallest absolute Gasteiger partial charge is 2.00 e. The third-order valence-electron chi connectivity index (χ3n) is 0. The van der Waals surface area contributed by atoms with Gasteiger partial charge in [-0.25, -0.2) is 0 Å². The zero-order valence-corrected chi connectivity index (χ0v) is 6.03. The monoisotopic (exact) mass is 144 g/mol. The molecular formula is FeMgS2. The molecule has 0 fully saturated rings. The van der Waals surface area contributed by atoms with Gasteiger partial charge in [0, 0.05) is 0 Å². The molecule has 0 heterocycles. The fraction of sp³-hybridized carbons (Fsp3) is 0. The number of hydrogen-bond donors (Lipinski definition) is 0. The summed E-state index contributed by atoms with van der Waals surface area (Å²) in [5, 5.41) is 0. The second kappa shape index (κ2) is 20.1. The maximum atomic E-state index is 0. The van der Waals surface area contributed by atoms with Gasteiger partial charge < -0.3 is 27.0 Å². The molecule has 0 aromatic rings. The molecule has 0 radical (unpaired) electrons. The quantitative estimate of drug-likeness (QED) is 0.406. The second-order valence-corrected chi connectivity index (χ2v) is 0. The van der Waals surface area contributed by atoms with Crippen molar-refractivity contribution in [1.82, 2.24) is 0 Å². The fourth-order valence-electron chi connectivity index (χ4n) is 0. The molecular weight excluding hydrogens is 144 g/mol. The molecule has 0 amide bonds. The molecule has 22 valence electrons. The first kappa shape index (κ1) is 37.7. The Morgan fingerprint density at radius 3 is 0.750 bits per heavy atom. The summed E-state index contributed by atoms with van der Waals surface area (Å²) in [4.78, 5) is 0. The van der Waals surface area contributed by atoms with E-state index < -0.39 is 0 Å². The first-order valence-corrected chi connectivity index (χ1v) is 0. The van der Waals surface area contributed by atoms with Gasteiger partial charge in [0.1, 0.15) is 0 Å². The van der Waals surface area contributed by atoms with E-state index in [0.717, 1.165) is 0 Å². The largest absolute Gasteiger partial charge is 2.00 e. The molecule has 0 bridgehead atoms. The van der Waals surface area contributed by atoms with Gasteiger partial charge in [-0.1, -0.05) is 0 Å². The molecule has 0 aliphatic carbocycles. The summed E-state index contributed by atoms with van der Waals surface area (Å²) in [7, 11) is 0. The van der Waals surface area contributed by atoms with Crippen LogP contribution >= 0.6 is 0 Å². The van der Waals surface area contributed by atoms with E-state index in [1.54, 1.807) is 0 Å². The standard InChI is InChI=1S/Fe.Mg.2S/q2*+2;2*-2. The summed E-state index contributed by atoms with van der Waals surface area (Å²) in [6.45, 7) is 0. The Hall–Kier alpha value is 1.99. The van der Waals surface area contributed by atoms with Crippen LogP contribution in [-0.4, -0.2) is 23.1 Å². The predicted octanol–water partition coefficient (Wildman–Crippen LogP) is -0.388. The van der Waals surface area contributed by atoms with Gasteiger partial charge in [0.15, 0.2) is 0 Å². The number of hydrogen-bond acceptors (Lipinski definition) is 0. The summed E-state index contributed by atoms with van der Waals surface area (Å²) in [6.07, 6.45) is 0. The normalized spacial score (nSPS) is 0. The van der Waals surface area contributed by atoms with Crippen LogP contribution in [0.3, 0.4) is 0 Å². The van der Waals surface area contributed by atoms with Gasteiger partial charge in [-0.2, -0.15) is 0 Å². The van der Waals surface area contributed by atoms with E-state index in [2.05, 4.69) is 0 Å². The number of rotatable bonds is 0. The molecule has 0 atom stereocenters. The van der Waals surface area contributed by atoms with Crippen molar-refractivity contribution >= 4 is 50.0 Å². The molecule has 0 aromatic heterocycles. The predicted molar refractivity (Wildman–Crippen MR) is 20.5 cm³/mol. The van der Waals surface area contributed by atoms with Gasteiger partial charge in [-0.3, -0.25) is 0 Å². The molecule has 0 N–H and O–H groups in total. The Morgan fingerprint density at radius 1 is 0.750 bits per heavy atom. The third-order valence-corrected chi connectivity index (χ3v) is 0. The third kappa shape index (κ3) is 9.01. The van der Waals surface area contributed by atoms with Crippen LogP contribution in [0.25, 0.3) is 0 Å². The van der Waals surface area contributed by atoms with Crippen molar-refractivity contribution < 1.29 is 17.1 Å². The van der Waals surface area contributed by atoms with E-state index in [0.29, 0.717) is 0 Å². The fourth-order valence-corrected chi connectivity index (χ4v) is 0. The van der Waals surface area contributed by atoms with E-state index in [1.165, 1.54) is 0 Å². The van der Waals surface area contributed by atoms with Gasteiger partial charge in [-0.15, -0.1) is 0 Å². The van der Waals surface area contributed by atoms with E-state index in [9.17, 15) is 0 Å². The molecule has 4 heavy (non-hydrogen) atoms. The van der Waals surface area contributed by atoms with Crippen molar-refractivity contribution in [3.63, 3.8) is 0 Å². The van der Waals surface area contributed by atoms with Gasteiger partial charge in [-0.05, 0) is 0 Å². The second-order valence-electron chi connectivity index (χ2n) is 0. The zero-order valence-electron chi connectivity index (χ0n) is 1.88. The Balaban J connectivity index is 0. The van der Waals surface area contributed by atoms with Crippen LogP contribution in [0.5, 0.6) is 0 Å². The minimum absolute atomic E-state index is 0. The summed E-state index contributed by atoms with van der Waals surface area (Å²) >= 11 is 0. The maximum absolute atomic E-state index is 0. The van der Waals surface area contributed by atoms with E-state index in [4.69, 9.17) is 0 Å². The van der Waals surface area contributed by atoms with Crippen LogP contribution in [0.1, 0.15) is 0 Å². The van der Waals surface area contributed by atoms with Crippen molar-refractivity contribution in [3.8, 4) is 0 Å². The van der Waals surface area contributed by atoms with Crippen LogP contribution in [-0.2, 0) is 44.1 Å². The minimum Gasteiger partial charge on any atom is -2.00 e. The van der Waals surface area contributed by atoms with Crippen molar-refractivity contribution in [2.45, 2.75) is 0 Å². The molecule has 0 nitrogen and oxygen atoms in total. The SMILES string of the molecule is [Fe+2].[Mg+2].[S-2].[S-2]. The van der Waals surface area contributed by atoms with Crippen LogP contribution in [0.15, 0.2) is 0 Å². The molecule has 0 spiro atoms. The van der Waals surface area contributed by atoms with Crippen LogP contribution in [0, 0.1) is 0 Å². The molecule has 0 saturated carbocycles.